The Kier molecular flexibility index (Phi) is 3.87. The van der Waals surface area contributed by atoms with Crippen molar-refractivity contribution in [2.45, 2.75) is 30.2 Å². The molecule has 3 rings (SSSR count). The molecule has 20 heavy (non-hydrogen) atoms. The minimum Gasteiger partial charge on any atom is -0.326 e. The van der Waals surface area contributed by atoms with Gasteiger partial charge in [0.1, 0.15) is 0 Å². The Bertz CT molecular complexity index is 771. The Morgan fingerprint density at radius 1 is 1.00 bits per heavy atom. The molecule has 0 bridgehead atoms. The largest absolute Gasteiger partial charge is 0.326 e. The van der Waals surface area contributed by atoms with E-state index in [0.717, 1.165) is 12.8 Å². The number of rotatable bonds is 3. The van der Waals surface area contributed by atoms with Gasteiger partial charge < -0.3 is 4.57 Å². The number of benzene rings is 2. The highest BCUT2D eigenvalue weighted by Crippen LogP contribution is 2.40. The molecule has 0 amide bonds. The average molecular weight is 389 g/mol. The van der Waals surface area contributed by atoms with Gasteiger partial charge in [0.05, 0.1) is 9.06 Å². The number of nitrogens with zero attached hydrogens (tertiary/aromatic N) is 1. The zero-order valence-electron chi connectivity index (χ0n) is 11.9. The topological polar surface area (TPSA) is 4.93 Å². The molecule has 0 atom stereocenters. The van der Waals surface area contributed by atoms with Gasteiger partial charge in [0.15, 0.2) is 16.3 Å². The summed E-state index contributed by atoms with van der Waals surface area (Å²) >= 11 is 5.53. The van der Waals surface area contributed by atoms with Gasteiger partial charge in [0.2, 0.25) is 0 Å². The fraction of sp³-hybridized carbons (Fsp3) is 0.294. The first-order valence-electron chi connectivity index (χ1n) is 7.09. The number of fused-ring (bicyclic) bond motifs is 3. The first kappa shape index (κ1) is 14.4. The summed E-state index contributed by atoms with van der Waals surface area (Å²) in [4.78, 5) is 0. The van der Waals surface area contributed by atoms with Gasteiger partial charge in [0, 0.05) is 16.3 Å². The van der Waals surface area contributed by atoms with Crippen LogP contribution in [0, 0.1) is 0 Å². The third-order valence-corrected chi connectivity index (χ3v) is 6.68. The summed E-state index contributed by atoms with van der Waals surface area (Å²) < 4.78 is 3.95. The van der Waals surface area contributed by atoms with Crippen LogP contribution in [-0.2, 0) is 3.55 Å². The van der Waals surface area contributed by atoms with E-state index in [0.29, 0.717) is 0 Å². The average Bonchev–Trinajstić information content (AvgIpc) is 2.83. The van der Waals surface area contributed by atoms with E-state index in [4.69, 9.17) is 0 Å². The van der Waals surface area contributed by atoms with E-state index < -0.39 is 0 Å². The number of aromatic nitrogens is 1. The van der Waals surface area contributed by atoms with Crippen LogP contribution < -0.4 is 4.43 Å². The molecule has 3 aromatic rings. The molecule has 0 fully saturated rings. The van der Waals surface area contributed by atoms with E-state index in [1.165, 1.54) is 26.2 Å². The molecule has 100 valence electrons. The van der Waals surface area contributed by atoms with E-state index >= 15 is 0 Å². The summed E-state index contributed by atoms with van der Waals surface area (Å²) in [5.41, 5.74) is 2.70. The van der Waals surface area contributed by atoms with Gasteiger partial charge >= 0.3 is 0 Å². The lowest BCUT2D eigenvalue weighted by molar-refractivity contribution is 0.469. The molecule has 0 saturated heterocycles. The maximum absolute atomic E-state index is 2.90. The molecule has 2 radical (unpaired) electrons. The summed E-state index contributed by atoms with van der Waals surface area (Å²) in [7, 11) is 0. The summed E-state index contributed by atoms with van der Waals surface area (Å²) in [5, 5.41) is 2.71. The minimum atomic E-state index is 0.131. The van der Waals surface area contributed by atoms with Gasteiger partial charge in [-0.3, -0.25) is 0 Å². The Morgan fingerprint density at radius 3 is 2.35 bits per heavy atom. The number of hydrogen-bond acceptors (Lipinski definition) is 0. The Labute approximate surface area is 141 Å². The Balaban J connectivity index is 2.55. The van der Waals surface area contributed by atoms with E-state index in [9.17, 15) is 0 Å². The Morgan fingerprint density at radius 2 is 1.65 bits per heavy atom. The second-order valence-electron chi connectivity index (χ2n) is 5.22. The first-order chi connectivity index (χ1) is 9.62. The molecule has 1 heterocycles. The van der Waals surface area contributed by atoms with Crippen molar-refractivity contribution >= 4 is 65.1 Å². The van der Waals surface area contributed by atoms with Crippen molar-refractivity contribution < 1.29 is 0 Å². The lowest BCUT2D eigenvalue weighted by Crippen LogP contribution is -2.26. The van der Waals surface area contributed by atoms with E-state index in [1.807, 2.05) is 0 Å². The number of para-hydroxylation sites is 2. The summed E-state index contributed by atoms with van der Waals surface area (Å²) in [6.07, 6.45) is 2.24. The highest BCUT2D eigenvalue weighted by Gasteiger charge is 2.28. The Hall–Kier alpha value is -0.498. The van der Waals surface area contributed by atoms with Crippen LogP contribution in [0.4, 0.5) is 0 Å². The third kappa shape index (κ3) is 2.03. The van der Waals surface area contributed by atoms with Crippen molar-refractivity contribution in [3.8, 4) is 0 Å². The normalized spacial score (nSPS) is 12.3. The monoisotopic (exact) mass is 389 g/mol. The predicted octanol–water partition coefficient (Wildman–Crippen LogP) is 4.50. The molecular weight excluding hydrogens is 372 g/mol. The van der Waals surface area contributed by atoms with Crippen molar-refractivity contribution in [2.75, 3.05) is 0 Å². The maximum Gasteiger partial charge on any atom is 0.179 e. The second kappa shape index (κ2) is 5.37. The smallest absolute Gasteiger partial charge is 0.179 e. The van der Waals surface area contributed by atoms with Crippen molar-refractivity contribution in [3.05, 3.63) is 42.5 Å². The summed E-state index contributed by atoms with van der Waals surface area (Å²) in [6, 6.07) is 15.3. The first-order valence-corrected chi connectivity index (χ1v) is 8.75. The van der Waals surface area contributed by atoms with E-state index in [-0.39, 0.29) is 3.55 Å². The fourth-order valence-corrected chi connectivity index (χ4v) is 3.92. The van der Waals surface area contributed by atoms with Crippen LogP contribution in [0.2, 0.25) is 0 Å². The van der Waals surface area contributed by atoms with E-state index in [2.05, 4.69) is 99.8 Å². The van der Waals surface area contributed by atoms with Crippen LogP contribution >= 0.6 is 22.6 Å². The molecule has 1 aromatic heterocycles. The standard InChI is InChI=1S/C17H17IN.Al/c1-3-17(18,4-2)19-15-11-7-5-9-13(15)14-10-6-8-12-16(14)19;/h5-11H,3-4H2,1-2H3;. The van der Waals surface area contributed by atoms with Crippen LogP contribution in [0.25, 0.3) is 21.8 Å². The van der Waals surface area contributed by atoms with Crippen LogP contribution in [0.1, 0.15) is 26.7 Å². The quantitative estimate of drug-likeness (QED) is 0.353. The van der Waals surface area contributed by atoms with Crippen LogP contribution in [0.3, 0.4) is 0 Å². The number of hydrogen-bond donors (Lipinski definition) is 0. The molecule has 0 aliphatic heterocycles. The summed E-state index contributed by atoms with van der Waals surface area (Å²) in [6.45, 7) is 4.56. The molecule has 1 nitrogen and oxygen atoms in total. The molecule has 2 aromatic carbocycles. The van der Waals surface area contributed by atoms with Crippen molar-refractivity contribution in [1.29, 1.82) is 0 Å². The van der Waals surface area contributed by atoms with Gasteiger partial charge in [-0.25, -0.2) is 0 Å². The lowest BCUT2D eigenvalue weighted by Gasteiger charge is -2.30. The van der Waals surface area contributed by atoms with E-state index in [1.54, 1.807) is 0 Å². The van der Waals surface area contributed by atoms with Gasteiger partial charge in [-0.1, -0.05) is 72.8 Å². The minimum absolute atomic E-state index is 0.131. The van der Waals surface area contributed by atoms with Crippen molar-refractivity contribution in [1.82, 2.24) is 4.57 Å². The SMILES string of the molecule is CCC(I)(CC)n1c2ccccc2c2ccc[c]([Al])c21. The zero-order valence-corrected chi connectivity index (χ0v) is 15.2. The van der Waals surface area contributed by atoms with Crippen molar-refractivity contribution in [3.63, 3.8) is 0 Å². The van der Waals surface area contributed by atoms with Gasteiger partial charge in [-0.05, 0) is 18.9 Å². The van der Waals surface area contributed by atoms with Crippen LogP contribution in [0.5, 0.6) is 0 Å². The lowest BCUT2D eigenvalue weighted by atomic mass is 10.1. The zero-order chi connectivity index (χ0) is 14.3. The second-order valence-corrected chi connectivity index (χ2v) is 7.85. The highest BCUT2D eigenvalue weighted by atomic mass is 127. The van der Waals surface area contributed by atoms with Gasteiger partial charge in [-0.2, -0.15) is 0 Å². The molecule has 0 aliphatic carbocycles. The molecule has 0 saturated carbocycles. The number of alkyl halides is 1. The predicted molar refractivity (Wildman–Crippen MR) is 97.4 cm³/mol. The van der Waals surface area contributed by atoms with Gasteiger partial charge in [-0.15, -0.1) is 4.43 Å². The molecule has 0 N–H and O–H groups in total. The molecule has 0 aliphatic rings. The molecule has 0 spiro atoms. The van der Waals surface area contributed by atoms with Crippen LogP contribution in [-0.4, -0.2) is 20.9 Å². The van der Waals surface area contributed by atoms with Crippen molar-refractivity contribution in [2.24, 2.45) is 0 Å². The molecular formula is C17H17AlIN. The fourth-order valence-electron chi connectivity index (χ4n) is 3.03. The third-order valence-electron chi connectivity index (χ3n) is 4.21. The maximum atomic E-state index is 2.90. The summed E-state index contributed by atoms with van der Waals surface area (Å²) in [5.74, 6) is 0. The number of halogens is 1. The highest BCUT2D eigenvalue weighted by molar-refractivity contribution is 14.1. The molecule has 0 unspecified atom stereocenters. The van der Waals surface area contributed by atoms with Crippen LogP contribution in [0.15, 0.2) is 42.5 Å². The van der Waals surface area contributed by atoms with Gasteiger partial charge in [0.25, 0.3) is 0 Å². The molecule has 3 heteroatoms.